The van der Waals surface area contributed by atoms with Gasteiger partial charge in [-0.3, -0.25) is 4.79 Å². The first-order valence-corrected chi connectivity index (χ1v) is 7.35. The summed E-state index contributed by atoms with van der Waals surface area (Å²) in [5.41, 5.74) is 5.14. The average Bonchev–Trinajstić information content (AvgIpc) is 2.25. The highest BCUT2D eigenvalue weighted by Crippen LogP contribution is 2.40. The second-order valence-corrected chi connectivity index (χ2v) is 6.67. The lowest BCUT2D eigenvalue weighted by molar-refractivity contribution is -0.133. The van der Waals surface area contributed by atoms with E-state index in [4.69, 9.17) is 0 Å². The zero-order valence-electron chi connectivity index (χ0n) is 13.8. The molecule has 19 heavy (non-hydrogen) atoms. The SMILES string of the molecule is CC(C)=C1C(=C(C)C)N(C(C)C)C(=O)CC1C(C)C. The third-order valence-corrected chi connectivity index (χ3v) is 3.86. The number of amides is 1. The highest BCUT2D eigenvalue weighted by molar-refractivity contribution is 5.83. The van der Waals surface area contributed by atoms with Gasteiger partial charge in [0.2, 0.25) is 5.91 Å². The van der Waals surface area contributed by atoms with Crippen molar-refractivity contribution in [2.45, 2.75) is 67.9 Å². The number of likely N-dealkylation sites (tertiary alicyclic amines) is 1. The summed E-state index contributed by atoms with van der Waals surface area (Å²) in [7, 11) is 0. The fourth-order valence-electron chi connectivity index (χ4n) is 3.05. The Bertz CT molecular complexity index is 419. The summed E-state index contributed by atoms with van der Waals surface area (Å²) in [6.45, 7) is 17.2. The van der Waals surface area contributed by atoms with E-state index in [-0.39, 0.29) is 11.9 Å². The monoisotopic (exact) mass is 263 g/mol. The Kier molecular flexibility index (Phi) is 5.00. The average molecular weight is 263 g/mol. The highest BCUT2D eigenvalue weighted by Gasteiger charge is 2.37. The van der Waals surface area contributed by atoms with Crippen molar-refractivity contribution in [1.29, 1.82) is 0 Å². The molecule has 1 fully saturated rings. The maximum Gasteiger partial charge on any atom is 0.227 e. The number of piperidine rings is 1. The normalized spacial score (nSPS) is 20.6. The molecule has 1 saturated heterocycles. The minimum Gasteiger partial charge on any atom is -0.310 e. The van der Waals surface area contributed by atoms with Crippen LogP contribution >= 0.6 is 0 Å². The molecule has 0 spiro atoms. The zero-order valence-corrected chi connectivity index (χ0v) is 13.8. The van der Waals surface area contributed by atoms with Gasteiger partial charge in [-0.25, -0.2) is 0 Å². The van der Waals surface area contributed by atoms with Gasteiger partial charge >= 0.3 is 0 Å². The molecule has 0 radical (unpaired) electrons. The van der Waals surface area contributed by atoms with Crippen molar-refractivity contribution in [2.75, 3.05) is 0 Å². The first-order chi connectivity index (χ1) is 8.68. The van der Waals surface area contributed by atoms with Crippen LogP contribution in [0.2, 0.25) is 0 Å². The number of carbonyl (C=O) groups excluding carboxylic acids is 1. The van der Waals surface area contributed by atoms with Gasteiger partial charge in [0.1, 0.15) is 0 Å². The summed E-state index contributed by atoms with van der Waals surface area (Å²) in [4.78, 5) is 14.5. The maximum atomic E-state index is 12.5. The van der Waals surface area contributed by atoms with Crippen molar-refractivity contribution in [3.63, 3.8) is 0 Å². The van der Waals surface area contributed by atoms with Crippen molar-refractivity contribution in [3.8, 4) is 0 Å². The van der Waals surface area contributed by atoms with Gasteiger partial charge in [0, 0.05) is 18.2 Å². The number of carbonyl (C=O) groups is 1. The molecule has 0 N–H and O–H groups in total. The molecule has 1 rings (SSSR count). The molecule has 2 nitrogen and oxygen atoms in total. The van der Waals surface area contributed by atoms with E-state index in [1.165, 1.54) is 22.4 Å². The van der Waals surface area contributed by atoms with Crippen molar-refractivity contribution in [2.24, 2.45) is 11.8 Å². The fraction of sp³-hybridized carbons (Fsp3) is 0.706. The molecule has 1 amide bonds. The van der Waals surface area contributed by atoms with E-state index in [0.29, 0.717) is 18.3 Å². The Labute approximate surface area is 118 Å². The topological polar surface area (TPSA) is 20.3 Å². The van der Waals surface area contributed by atoms with E-state index in [1.54, 1.807) is 0 Å². The predicted octanol–water partition coefficient (Wildman–Crippen LogP) is 4.53. The van der Waals surface area contributed by atoms with Crippen LogP contribution in [0.3, 0.4) is 0 Å². The van der Waals surface area contributed by atoms with E-state index in [2.05, 4.69) is 55.4 Å². The summed E-state index contributed by atoms with van der Waals surface area (Å²) in [5.74, 6) is 1.13. The van der Waals surface area contributed by atoms with Gasteiger partial charge in [0.15, 0.2) is 0 Å². The summed E-state index contributed by atoms with van der Waals surface area (Å²) in [6.07, 6.45) is 0.646. The van der Waals surface area contributed by atoms with E-state index < -0.39 is 0 Å². The van der Waals surface area contributed by atoms with Crippen LogP contribution in [0.1, 0.15) is 61.8 Å². The maximum absolute atomic E-state index is 12.5. The molecular weight excluding hydrogens is 234 g/mol. The zero-order chi connectivity index (χ0) is 14.9. The lowest BCUT2D eigenvalue weighted by Gasteiger charge is -2.42. The van der Waals surface area contributed by atoms with Crippen LogP contribution in [0.25, 0.3) is 0 Å². The minimum absolute atomic E-state index is 0.222. The predicted molar refractivity (Wildman–Crippen MR) is 81.7 cm³/mol. The molecule has 1 atom stereocenters. The Morgan fingerprint density at radius 1 is 1.05 bits per heavy atom. The summed E-state index contributed by atoms with van der Waals surface area (Å²) < 4.78 is 0. The largest absolute Gasteiger partial charge is 0.310 e. The lowest BCUT2D eigenvalue weighted by Crippen LogP contribution is -2.44. The van der Waals surface area contributed by atoms with Crippen molar-refractivity contribution < 1.29 is 4.79 Å². The van der Waals surface area contributed by atoms with Crippen molar-refractivity contribution in [3.05, 3.63) is 22.4 Å². The summed E-state index contributed by atoms with van der Waals surface area (Å²) in [5, 5.41) is 0. The molecule has 1 heterocycles. The number of nitrogens with zero attached hydrogens (tertiary/aromatic N) is 1. The van der Waals surface area contributed by atoms with Crippen LogP contribution < -0.4 is 0 Å². The van der Waals surface area contributed by atoms with E-state index in [0.717, 1.165) is 0 Å². The quantitative estimate of drug-likeness (QED) is 0.716. The van der Waals surface area contributed by atoms with Crippen LogP contribution in [0.5, 0.6) is 0 Å². The van der Waals surface area contributed by atoms with Gasteiger partial charge < -0.3 is 4.90 Å². The first-order valence-electron chi connectivity index (χ1n) is 7.35. The van der Waals surface area contributed by atoms with Crippen LogP contribution in [0, 0.1) is 11.8 Å². The standard InChI is InChI=1S/C17H29NO/c1-10(2)14-9-15(19)18(13(7)8)17(12(5)6)16(14)11(3)4/h10,13-14H,9H2,1-8H3. The molecule has 0 aromatic heterocycles. The fourth-order valence-corrected chi connectivity index (χ4v) is 3.05. The lowest BCUT2D eigenvalue weighted by atomic mass is 9.77. The Balaban J connectivity index is 3.47. The second-order valence-electron chi connectivity index (χ2n) is 6.67. The highest BCUT2D eigenvalue weighted by atomic mass is 16.2. The van der Waals surface area contributed by atoms with Gasteiger partial charge in [-0.15, -0.1) is 0 Å². The molecule has 108 valence electrons. The number of allylic oxidation sites excluding steroid dienone is 3. The molecule has 1 aliphatic heterocycles. The molecule has 0 aliphatic carbocycles. The van der Waals surface area contributed by atoms with Crippen LogP contribution in [-0.4, -0.2) is 16.8 Å². The van der Waals surface area contributed by atoms with Gasteiger partial charge in [-0.2, -0.15) is 0 Å². The van der Waals surface area contributed by atoms with E-state index in [9.17, 15) is 4.79 Å². The molecule has 0 bridgehead atoms. The Morgan fingerprint density at radius 2 is 1.58 bits per heavy atom. The van der Waals surface area contributed by atoms with E-state index >= 15 is 0 Å². The van der Waals surface area contributed by atoms with Gasteiger partial charge in [-0.1, -0.05) is 25.0 Å². The number of hydrogen-bond donors (Lipinski definition) is 0. The van der Waals surface area contributed by atoms with E-state index in [1.807, 2.05) is 4.90 Å². The third-order valence-electron chi connectivity index (χ3n) is 3.86. The molecule has 0 aromatic rings. The smallest absolute Gasteiger partial charge is 0.227 e. The number of rotatable bonds is 2. The molecular formula is C17H29NO. The molecule has 0 aromatic carbocycles. The third kappa shape index (κ3) is 3.10. The number of hydrogen-bond acceptors (Lipinski definition) is 1. The van der Waals surface area contributed by atoms with Gasteiger partial charge in [0.05, 0.1) is 0 Å². The Morgan fingerprint density at radius 3 is 1.89 bits per heavy atom. The van der Waals surface area contributed by atoms with Crippen LogP contribution in [0.15, 0.2) is 22.4 Å². The van der Waals surface area contributed by atoms with Crippen LogP contribution in [-0.2, 0) is 4.79 Å². The molecule has 2 heteroatoms. The molecule has 0 saturated carbocycles. The van der Waals surface area contributed by atoms with Gasteiger partial charge in [0.25, 0.3) is 0 Å². The van der Waals surface area contributed by atoms with Crippen LogP contribution in [0.4, 0.5) is 0 Å². The summed E-state index contributed by atoms with van der Waals surface area (Å²) >= 11 is 0. The van der Waals surface area contributed by atoms with Gasteiger partial charge in [-0.05, 0) is 59.0 Å². The molecule has 1 unspecified atom stereocenters. The Hall–Kier alpha value is -1.05. The van der Waals surface area contributed by atoms with Crippen molar-refractivity contribution >= 4 is 5.91 Å². The minimum atomic E-state index is 0.222. The first kappa shape index (κ1) is 16.0. The molecule has 1 aliphatic rings. The summed E-state index contributed by atoms with van der Waals surface area (Å²) in [6, 6.07) is 0.222. The van der Waals surface area contributed by atoms with Crippen molar-refractivity contribution in [1.82, 2.24) is 4.90 Å². The second kappa shape index (κ2) is 5.94.